The zero-order valence-corrected chi connectivity index (χ0v) is 20.5. The number of benzene rings is 3. The highest BCUT2D eigenvalue weighted by molar-refractivity contribution is 5.66. The summed E-state index contributed by atoms with van der Waals surface area (Å²) in [6.07, 6.45) is 6.66. The van der Waals surface area contributed by atoms with E-state index >= 15 is 0 Å². The fraction of sp³-hybridized carbons (Fsp3) is 0.419. The molecule has 1 heteroatoms. The molecule has 32 heavy (non-hydrogen) atoms. The van der Waals surface area contributed by atoms with Crippen molar-refractivity contribution in [3.63, 3.8) is 0 Å². The third-order valence-corrected chi connectivity index (χ3v) is 7.34. The summed E-state index contributed by atoms with van der Waals surface area (Å²) in [7, 11) is 0. The van der Waals surface area contributed by atoms with Crippen molar-refractivity contribution in [2.75, 3.05) is 5.32 Å². The van der Waals surface area contributed by atoms with Gasteiger partial charge in [-0.25, -0.2) is 0 Å². The van der Waals surface area contributed by atoms with E-state index < -0.39 is 0 Å². The van der Waals surface area contributed by atoms with Gasteiger partial charge in [0.2, 0.25) is 0 Å². The lowest BCUT2D eigenvalue weighted by molar-refractivity contribution is 0.443. The van der Waals surface area contributed by atoms with E-state index in [9.17, 15) is 0 Å². The van der Waals surface area contributed by atoms with E-state index in [1.807, 2.05) is 0 Å². The molecule has 1 nitrogen and oxygen atoms in total. The van der Waals surface area contributed by atoms with Gasteiger partial charge < -0.3 is 5.32 Å². The van der Waals surface area contributed by atoms with E-state index in [0.29, 0.717) is 5.92 Å². The largest absolute Gasteiger partial charge is 0.355 e. The molecular formula is C31H39N. The van der Waals surface area contributed by atoms with Crippen molar-refractivity contribution in [2.24, 2.45) is 0 Å². The normalized spacial score (nSPS) is 15.5. The molecule has 1 aliphatic rings. The second-order valence-electron chi connectivity index (χ2n) is 11.1. The Morgan fingerprint density at radius 3 is 1.91 bits per heavy atom. The highest BCUT2D eigenvalue weighted by Gasteiger charge is 2.26. The minimum absolute atomic E-state index is 0.0163. The fourth-order valence-corrected chi connectivity index (χ4v) is 5.05. The first-order chi connectivity index (χ1) is 15.2. The average Bonchev–Trinajstić information content (AvgIpc) is 2.80. The van der Waals surface area contributed by atoms with Crippen LogP contribution >= 0.6 is 0 Å². The summed E-state index contributed by atoms with van der Waals surface area (Å²) < 4.78 is 0. The van der Waals surface area contributed by atoms with Crippen LogP contribution < -0.4 is 5.32 Å². The van der Waals surface area contributed by atoms with Crippen molar-refractivity contribution >= 4 is 11.4 Å². The van der Waals surface area contributed by atoms with Crippen LogP contribution in [0, 0.1) is 0 Å². The predicted molar refractivity (Wildman–Crippen MR) is 139 cm³/mol. The first-order valence-electron chi connectivity index (χ1n) is 12.3. The van der Waals surface area contributed by atoms with Crippen molar-refractivity contribution < 1.29 is 0 Å². The van der Waals surface area contributed by atoms with Crippen LogP contribution in [0.25, 0.3) is 0 Å². The van der Waals surface area contributed by atoms with Gasteiger partial charge in [0.25, 0.3) is 0 Å². The van der Waals surface area contributed by atoms with Gasteiger partial charge in [-0.1, -0.05) is 108 Å². The molecule has 0 aliphatic heterocycles. The Morgan fingerprint density at radius 2 is 1.28 bits per heavy atom. The van der Waals surface area contributed by atoms with Crippen molar-refractivity contribution in [3.05, 3.63) is 95.1 Å². The van der Waals surface area contributed by atoms with Gasteiger partial charge in [0.05, 0.1) is 0 Å². The lowest BCUT2D eigenvalue weighted by Crippen LogP contribution is -2.20. The van der Waals surface area contributed by atoms with E-state index in [1.54, 1.807) is 0 Å². The van der Waals surface area contributed by atoms with Gasteiger partial charge in [-0.05, 0) is 64.6 Å². The smallest absolute Gasteiger partial charge is 0.0419 e. The van der Waals surface area contributed by atoms with Gasteiger partial charge in [-0.15, -0.1) is 0 Å². The number of anilines is 2. The Morgan fingerprint density at radius 1 is 0.656 bits per heavy atom. The molecule has 0 aromatic heterocycles. The Bertz CT molecular complexity index is 1020. The number of hydrogen-bond donors (Lipinski definition) is 1. The summed E-state index contributed by atoms with van der Waals surface area (Å²) in [6.45, 7) is 11.5. The molecule has 3 aromatic rings. The molecule has 1 aliphatic carbocycles. The molecule has 0 bridgehead atoms. The maximum atomic E-state index is 3.77. The van der Waals surface area contributed by atoms with Crippen LogP contribution in [0.5, 0.6) is 0 Å². The maximum absolute atomic E-state index is 3.77. The zero-order valence-electron chi connectivity index (χ0n) is 20.5. The summed E-state index contributed by atoms with van der Waals surface area (Å²) in [5, 5.41) is 3.77. The van der Waals surface area contributed by atoms with Gasteiger partial charge in [-0.2, -0.15) is 0 Å². The first-order valence-corrected chi connectivity index (χ1v) is 12.3. The Labute approximate surface area is 195 Å². The quantitative estimate of drug-likeness (QED) is 0.430. The van der Waals surface area contributed by atoms with E-state index in [2.05, 4.69) is 113 Å². The number of hydrogen-bond acceptors (Lipinski definition) is 1. The summed E-state index contributed by atoms with van der Waals surface area (Å²) in [5.41, 5.74) is 8.24. The zero-order chi connectivity index (χ0) is 22.8. The van der Waals surface area contributed by atoms with Crippen LogP contribution in [-0.4, -0.2) is 0 Å². The Hall–Kier alpha value is -2.54. The monoisotopic (exact) mass is 425 g/mol. The molecule has 1 fully saturated rings. The number of nitrogens with one attached hydrogen (secondary N) is 1. The Kier molecular flexibility index (Phi) is 6.47. The van der Waals surface area contributed by atoms with E-state index in [1.165, 1.54) is 65.7 Å². The van der Waals surface area contributed by atoms with E-state index in [0.717, 1.165) is 0 Å². The summed E-state index contributed by atoms with van der Waals surface area (Å²) in [4.78, 5) is 0. The SMILES string of the molecule is CC(C)(C)c1ccc(Nc2ccc(C(C)(C)c3ccccc3)cc2C2CCCCC2)cc1. The molecule has 168 valence electrons. The molecule has 0 radical (unpaired) electrons. The summed E-state index contributed by atoms with van der Waals surface area (Å²) in [5.74, 6) is 0.645. The van der Waals surface area contributed by atoms with Crippen molar-refractivity contribution in [2.45, 2.75) is 83.5 Å². The predicted octanol–water partition coefficient (Wildman–Crippen LogP) is 9.10. The first kappa shape index (κ1) is 22.6. The van der Waals surface area contributed by atoms with Crippen LogP contribution in [0.4, 0.5) is 11.4 Å². The van der Waals surface area contributed by atoms with Crippen LogP contribution in [0.3, 0.4) is 0 Å². The molecule has 0 heterocycles. The molecule has 0 saturated heterocycles. The van der Waals surface area contributed by atoms with Crippen molar-refractivity contribution in [1.29, 1.82) is 0 Å². The number of rotatable bonds is 5. The van der Waals surface area contributed by atoms with Crippen LogP contribution in [-0.2, 0) is 10.8 Å². The van der Waals surface area contributed by atoms with Gasteiger partial charge >= 0.3 is 0 Å². The molecule has 4 rings (SSSR count). The van der Waals surface area contributed by atoms with Crippen LogP contribution in [0.2, 0.25) is 0 Å². The Balaban J connectivity index is 1.69. The molecule has 0 atom stereocenters. The topological polar surface area (TPSA) is 12.0 Å². The van der Waals surface area contributed by atoms with Gasteiger partial charge in [0.15, 0.2) is 0 Å². The third-order valence-electron chi connectivity index (χ3n) is 7.34. The van der Waals surface area contributed by atoms with E-state index in [4.69, 9.17) is 0 Å². The van der Waals surface area contributed by atoms with Gasteiger partial charge in [0.1, 0.15) is 0 Å². The molecular weight excluding hydrogens is 386 g/mol. The molecule has 0 unspecified atom stereocenters. The van der Waals surface area contributed by atoms with Crippen molar-refractivity contribution in [1.82, 2.24) is 0 Å². The van der Waals surface area contributed by atoms with Gasteiger partial charge in [-0.3, -0.25) is 0 Å². The molecule has 0 spiro atoms. The minimum Gasteiger partial charge on any atom is -0.355 e. The van der Waals surface area contributed by atoms with Crippen LogP contribution in [0.15, 0.2) is 72.8 Å². The third kappa shape index (κ3) is 4.93. The molecule has 1 N–H and O–H groups in total. The fourth-order valence-electron chi connectivity index (χ4n) is 5.05. The molecule has 3 aromatic carbocycles. The molecule has 1 saturated carbocycles. The lowest BCUT2D eigenvalue weighted by atomic mass is 9.75. The standard InChI is InChI=1S/C31H39N/c1-30(2,3)24-16-19-27(20-17-24)32-29-21-18-26(22-28(29)23-12-8-6-9-13-23)31(4,5)25-14-10-7-11-15-25/h7,10-11,14-23,32H,6,8-9,12-13H2,1-5H3. The second kappa shape index (κ2) is 9.14. The highest BCUT2D eigenvalue weighted by atomic mass is 14.9. The minimum atomic E-state index is -0.0163. The second-order valence-corrected chi connectivity index (χ2v) is 11.1. The van der Waals surface area contributed by atoms with E-state index in [-0.39, 0.29) is 10.8 Å². The highest BCUT2D eigenvalue weighted by Crippen LogP contribution is 2.41. The molecule has 0 amide bonds. The van der Waals surface area contributed by atoms with Crippen LogP contribution in [0.1, 0.15) is 94.9 Å². The maximum Gasteiger partial charge on any atom is 0.0419 e. The van der Waals surface area contributed by atoms with Crippen molar-refractivity contribution in [3.8, 4) is 0 Å². The summed E-state index contributed by atoms with van der Waals surface area (Å²) >= 11 is 0. The average molecular weight is 426 g/mol. The summed E-state index contributed by atoms with van der Waals surface area (Å²) in [6, 6.07) is 27.0. The van der Waals surface area contributed by atoms with Gasteiger partial charge in [0, 0.05) is 16.8 Å². The lowest BCUT2D eigenvalue weighted by Gasteiger charge is -2.30.